The molecule has 1 aromatic heterocycles. The van der Waals surface area contributed by atoms with Gasteiger partial charge in [-0.2, -0.15) is 0 Å². The fraction of sp³-hybridized carbons (Fsp3) is 0.250. The molecule has 0 bridgehead atoms. The van der Waals surface area contributed by atoms with Crippen molar-refractivity contribution < 1.29 is 14.7 Å². The number of primary amides is 1. The van der Waals surface area contributed by atoms with Gasteiger partial charge in [0, 0.05) is 36.4 Å². The number of hydrogen-bond acceptors (Lipinski definition) is 3. The van der Waals surface area contributed by atoms with Gasteiger partial charge in [-0.15, -0.1) is 0 Å². The predicted octanol–water partition coefficient (Wildman–Crippen LogP) is 1.39. The first-order chi connectivity index (χ1) is 11.0. The van der Waals surface area contributed by atoms with Crippen LogP contribution in [0.15, 0.2) is 30.5 Å². The van der Waals surface area contributed by atoms with Crippen molar-refractivity contribution in [1.29, 1.82) is 0 Å². The number of amides is 2. The average molecular weight is 334 g/mol. The van der Waals surface area contributed by atoms with Gasteiger partial charge in [-0.1, -0.05) is 23.7 Å². The number of fused-ring (bicyclic) bond motifs is 1. The third kappa shape index (κ3) is 2.83. The van der Waals surface area contributed by atoms with Crippen LogP contribution in [0.2, 0.25) is 5.02 Å². The van der Waals surface area contributed by atoms with E-state index in [2.05, 4.69) is 0 Å². The summed E-state index contributed by atoms with van der Waals surface area (Å²) in [6, 6.07) is 7.28. The largest absolute Gasteiger partial charge is 0.392 e. The van der Waals surface area contributed by atoms with Crippen LogP contribution in [0.3, 0.4) is 0 Å². The second-order valence-electron chi connectivity index (χ2n) is 5.44. The Hall–Kier alpha value is -2.31. The average Bonchev–Trinajstić information content (AvgIpc) is 2.92. The van der Waals surface area contributed by atoms with Crippen molar-refractivity contribution >= 4 is 23.4 Å². The number of aliphatic hydroxyl groups excluding tert-OH is 1. The molecule has 6 nitrogen and oxygen atoms in total. The van der Waals surface area contributed by atoms with Gasteiger partial charge in [0.25, 0.3) is 11.8 Å². The minimum absolute atomic E-state index is 0.198. The molecule has 2 heterocycles. The molecule has 0 spiro atoms. The van der Waals surface area contributed by atoms with Crippen LogP contribution < -0.4 is 5.73 Å². The fourth-order valence-corrected chi connectivity index (χ4v) is 2.97. The minimum Gasteiger partial charge on any atom is -0.392 e. The maximum atomic E-state index is 12.7. The Kier molecular flexibility index (Phi) is 4.11. The molecule has 2 aromatic rings. The van der Waals surface area contributed by atoms with Gasteiger partial charge in [-0.05, 0) is 17.7 Å². The molecule has 2 amide bonds. The van der Waals surface area contributed by atoms with Crippen molar-refractivity contribution in [3.8, 4) is 0 Å². The summed E-state index contributed by atoms with van der Waals surface area (Å²) in [5.41, 5.74) is 7.11. The zero-order valence-corrected chi connectivity index (χ0v) is 13.1. The third-order valence-corrected chi connectivity index (χ3v) is 4.25. The summed E-state index contributed by atoms with van der Waals surface area (Å²) in [5.74, 6) is -0.865. The summed E-state index contributed by atoms with van der Waals surface area (Å²) >= 11 is 5.87. The van der Waals surface area contributed by atoms with E-state index in [-0.39, 0.29) is 11.5 Å². The molecule has 0 radical (unpaired) electrons. The first-order valence-electron chi connectivity index (χ1n) is 7.17. The number of aliphatic hydroxyl groups is 1. The van der Waals surface area contributed by atoms with Crippen molar-refractivity contribution in [2.24, 2.45) is 5.73 Å². The zero-order chi connectivity index (χ0) is 16.6. The predicted molar refractivity (Wildman–Crippen MR) is 85.1 cm³/mol. The van der Waals surface area contributed by atoms with Crippen molar-refractivity contribution in [2.45, 2.75) is 19.7 Å². The highest BCUT2D eigenvalue weighted by atomic mass is 35.5. The molecule has 0 saturated carbocycles. The Morgan fingerprint density at radius 1 is 1.26 bits per heavy atom. The summed E-state index contributed by atoms with van der Waals surface area (Å²) in [6.45, 7) is 1.11. The van der Waals surface area contributed by atoms with Gasteiger partial charge < -0.3 is 20.3 Å². The molecular weight excluding hydrogens is 318 g/mol. The molecular formula is C16H16ClN3O3. The zero-order valence-electron chi connectivity index (χ0n) is 12.3. The maximum Gasteiger partial charge on any atom is 0.271 e. The van der Waals surface area contributed by atoms with Crippen LogP contribution in [0.25, 0.3) is 0 Å². The quantitative estimate of drug-likeness (QED) is 0.886. The van der Waals surface area contributed by atoms with Crippen molar-refractivity contribution in [3.05, 3.63) is 57.9 Å². The number of carbonyl (C=O) groups is 2. The number of nitrogens with zero attached hydrogens (tertiary/aromatic N) is 2. The topological polar surface area (TPSA) is 88.6 Å². The second-order valence-corrected chi connectivity index (χ2v) is 5.88. The second kappa shape index (κ2) is 6.06. The Morgan fingerprint density at radius 2 is 1.96 bits per heavy atom. The summed E-state index contributed by atoms with van der Waals surface area (Å²) in [7, 11) is 0. The first kappa shape index (κ1) is 15.6. The molecule has 1 aliphatic rings. The monoisotopic (exact) mass is 333 g/mol. The Bertz CT molecular complexity index is 768. The van der Waals surface area contributed by atoms with Crippen LogP contribution in [-0.4, -0.2) is 32.9 Å². The first-order valence-corrected chi connectivity index (χ1v) is 7.55. The Labute approximate surface area is 138 Å². The lowest BCUT2D eigenvalue weighted by Gasteiger charge is -2.29. The van der Waals surface area contributed by atoms with Crippen LogP contribution in [0.5, 0.6) is 0 Å². The van der Waals surface area contributed by atoms with E-state index < -0.39 is 12.5 Å². The fourth-order valence-electron chi connectivity index (χ4n) is 2.84. The summed E-state index contributed by atoms with van der Waals surface area (Å²) in [5, 5.41) is 10.2. The van der Waals surface area contributed by atoms with E-state index in [0.717, 1.165) is 5.56 Å². The lowest BCUT2D eigenvalue weighted by atomic mass is 10.1. The highest BCUT2D eigenvalue weighted by molar-refractivity contribution is 6.30. The summed E-state index contributed by atoms with van der Waals surface area (Å²) in [6.07, 6.45) is 1.54. The number of hydrogen-bond donors (Lipinski definition) is 2. The molecule has 7 heteroatoms. The van der Waals surface area contributed by atoms with Gasteiger partial charge >= 0.3 is 0 Å². The molecule has 0 fully saturated rings. The number of nitrogens with two attached hydrogens (primary N) is 1. The van der Waals surface area contributed by atoms with Crippen LogP contribution >= 0.6 is 11.6 Å². The van der Waals surface area contributed by atoms with Crippen LogP contribution in [0.4, 0.5) is 0 Å². The molecule has 3 rings (SSSR count). The lowest BCUT2D eigenvalue weighted by Crippen LogP contribution is -2.39. The highest BCUT2D eigenvalue weighted by Gasteiger charge is 2.30. The van der Waals surface area contributed by atoms with E-state index >= 15 is 0 Å². The van der Waals surface area contributed by atoms with Crippen molar-refractivity contribution in [1.82, 2.24) is 9.47 Å². The van der Waals surface area contributed by atoms with Crippen LogP contribution in [-0.2, 0) is 19.7 Å². The van der Waals surface area contributed by atoms with Crippen molar-refractivity contribution in [3.63, 3.8) is 0 Å². The van der Waals surface area contributed by atoms with Gasteiger partial charge in [0.15, 0.2) is 0 Å². The van der Waals surface area contributed by atoms with Gasteiger partial charge in [0.2, 0.25) is 0 Å². The van der Waals surface area contributed by atoms with Gasteiger partial charge in [0.1, 0.15) is 5.69 Å². The molecule has 120 valence electrons. The van der Waals surface area contributed by atoms with E-state index in [1.165, 1.54) is 0 Å². The maximum absolute atomic E-state index is 12.7. The number of carbonyl (C=O) groups excluding carboxylic acids is 2. The number of aromatic nitrogens is 1. The van der Waals surface area contributed by atoms with E-state index in [1.54, 1.807) is 27.8 Å². The molecule has 1 aliphatic heterocycles. The SMILES string of the molecule is NC(=O)c1cn2c(c1CO)C(=O)N(Cc1ccc(Cl)cc1)CC2. The molecule has 0 atom stereocenters. The standard InChI is InChI=1S/C16H16ClN3O3/c17-11-3-1-10(2-4-11)7-20-6-5-19-8-12(15(18)22)13(9-21)14(19)16(20)23/h1-4,8,21H,5-7,9H2,(H2,18,22). The molecule has 0 saturated heterocycles. The minimum atomic E-state index is -0.645. The number of rotatable bonds is 4. The van der Waals surface area contributed by atoms with Crippen LogP contribution in [0, 0.1) is 0 Å². The summed E-state index contributed by atoms with van der Waals surface area (Å²) < 4.78 is 1.69. The van der Waals surface area contributed by atoms with E-state index in [9.17, 15) is 14.7 Å². The van der Waals surface area contributed by atoms with Crippen LogP contribution in [0.1, 0.15) is 32.0 Å². The Morgan fingerprint density at radius 3 is 2.57 bits per heavy atom. The van der Waals surface area contributed by atoms with E-state index in [4.69, 9.17) is 17.3 Å². The normalized spacial score (nSPS) is 14.0. The van der Waals surface area contributed by atoms with Crippen molar-refractivity contribution in [2.75, 3.05) is 6.54 Å². The molecule has 0 aliphatic carbocycles. The number of benzene rings is 1. The smallest absolute Gasteiger partial charge is 0.271 e. The molecule has 23 heavy (non-hydrogen) atoms. The van der Waals surface area contributed by atoms with E-state index in [0.29, 0.717) is 35.9 Å². The highest BCUT2D eigenvalue weighted by Crippen LogP contribution is 2.24. The van der Waals surface area contributed by atoms with Gasteiger partial charge in [-0.25, -0.2) is 0 Å². The van der Waals surface area contributed by atoms with E-state index in [1.807, 2.05) is 12.1 Å². The van der Waals surface area contributed by atoms with Gasteiger partial charge in [0.05, 0.1) is 12.2 Å². The summed E-state index contributed by atoms with van der Waals surface area (Å²) in [4.78, 5) is 25.9. The molecule has 0 unspecified atom stereocenters. The number of halogens is 1. The lowest BCUT2D eigenvalue weighted by molar-refractivity contribution is 0.0686. The molecule has 1 aromatic carbocycles. The third-order valence-electron chi connectivity index (χ3n) is 3.99. The Balaban J connectivity index is 1.91. The van der Waals surface area contributed by atoms with Gasteiger partial charge in [-0.3, -0.25) is 9.59 Å². The molecule has 3 N–H and O–H groups in total.